The van der Waals surface area contributed by atoms with Crippen LogP contribution in [0.25, 0.3) is 0 Å². The first kappa shape index (κ1) is 22.5. The average Bonchev–Trinajstić information content (AvgIpc) is 3.32. The number of carboxylic acids is 1. The van der Waals surface area contributed by atoms with Crippen LogP contribution in [0.2, 0.25) is 0 Å². The zero-order valence-electron chi connectivity index (χ0n) is 18.0. The molecule has 0 radical (unpaired) electrons. The molecule has 0 saturated carbocycles. The summed E-state index contributed by atoms with van der Waals surface area (Å²) in [5.41, 5.74) is 0.924. The molecule has 3 aromatic rings. The number of anilines is 2. The smallest absolute Gasteiger partial charge is 0.335 e. The van der Waals surface area contributed by atoms with Crippen molar-refractivity contribution in [1.82, 2.24) is 0 Å². The lowest BCUT2D eigenvalue weighted by atomic mass is 10.1. The molecule has 33 heavy (non-hydrogen) atoms. The van der Waals surface area contributed by atoms with Gasteiger partial charge in [-0.3, -0.25) is 0 Å². The second-order valence-electron chi connectivity index (χ2n) is 7.58. The van der Waals surface area contributed by atoms with Crippen LogP contribution in [0.4, 0.5) is 20.2 Å². The van der Waals surface area contributed by atoms with E-state index in [4.69, 9.17) is 14.2 Å². The quantitative estimate of drug-likeness (QED) is 0.505. The molecule has 1 atom stereocenters. The van der Waals surface area contributed by atoms with E-state index < -0.39 is 17.6 Å². The minimum atomic E-state index is -1.10. The Morgan fingerprint density at radius 3 is 2.45 bits per heavy atom. The van der Waals surface area contributed by atoms with E-state index in [1.165, 1.54) is 37.4 Å². The molecule has 8 heteroatoms. The molecule has 1 aliphatic heterocycles. The average molecular weight is 455 g/mol. The van der Waals surface area contributed by atoms with Crippen molar-refractivity contribution in [3.63, 3.8) is 0 Å². The fraction of sp³-hybridized carbons (Fsp3) is 0.240. The fourth-order valence-corrected chi connectivity index (χ4v) is 3.69. The summed E-state index contributed by atoms with van der Waals surface area (Å²) in [6.45, 7) is 0.894. The van der Waals surface area contributed by atoms with Crippen LogP contribution in [-0.2, 0) is 11.3 Å². The number of methoxy groups -OCH3 is 1. The van der Waals surface area contributed by atoms with E-state index >= 15 is 0 Å². The van der Waals surface area contributed by atoms with E-state index in [-0.39, 0.29) is 23.8 Å². The summed E-state index contributed by atoms with van der Waals surface area (Å²) < 4.78 is 45.9. The molecule has 1 saturated heterocycles. The van der Waals surface area contributed by atoms with E-state index in [9.17, 15) is 18.7 Å². The van der Waals surface area contributed by atoms with Crippen molar-refractivity contribution in [2.24, 2.45) is 0 Å². The van der Waals surface area contributed by atoms with E-state index in [0.29, 0.717) is 36.1 Å². The van der Waals surface area contributed by atoms with Gasteiger partial charge in [0.05, 0.1) is 32.4 Å². The first-order chi connectivity index (χ1) is 16.0. The summed E-state index contributed by atoms with van der Waals surface area (Å²) in [7, 11) is 1.52. The van der Waals surface area contributed by atoms with Crippen molar-refractivity contribution >= 4 is 17.3 Å². The minimum Gasteiger partial charge on any atom is -0.493 e. The van der Waals surface area contributed by atoms with Crippen LogP contribution >= 0.6 is 0 Å². The molecule has 4 rings (SSSR count). The first-order valence-corrected chi connectivity index (χ1v) is 10.4. The zero-order valence-corrected chi connectivity index (χ0v) is 18.0. The van der Waals surface area contributed by atoms with Gasteiger partial charge in [-0.05, 0) is 42.5 Å². The van der Waals surface area contributed by atoms with Gasteiger partial charge in [0.1, 0.15) is 17.7 Å². The largest absolute Gasteiger partial charge is 0.493 e. The Bertz CT molecular complexity index is 1130. The highest BCUT2D eigenvalue weighted by Gasteiger charge is 2.22. The number of benzene rings is 3. The first-order valence-electron chi connectivity index (χ1n) is 10.4. The molecule has 1 fully saturated rings. The summed E-state index contributed by atoms with van der Waals surface area (Å²) in [5, 5.41) is 9.42. The van der Waals surface area contributed by atoms with Gasteiger partial charge in [-0.2, -0.15) is 0 Å². The molecular formula is C25H23F2NO5. The predicted octanol–water partition coefficient (Wildman–Crippen LogP) is 5.18. The van der Waals surface area contributed by atoms with Crippen LogP contribution in [0.1, 0.15) is 22.3 Å². The van der Waals surface area contributed by atoms with Crippen molar-refractivity contribution in [3.8, 4) is 11.5 Å². The second kappa shape index (κ2) is 9.87. The molecule has 1 N–H and O–H groups in total. The summed E-state index contributed by atoms with van der Waals surface area (Å²) in [5.74, 6) is -1.53. The summed E-state index contributed by atoms with van der Waals surface area (Å²) >= 11 is 0. The van der Waals surface area contributed by atoms with E-state index in [1.54, 1.807) is 35.2 Å². The molecule has 0 bridgehead atoms. The van der Waals surface area contributed by atoms with Crippen molar-refractivity contribution in [2.75, 3.05) is 25.2 Å². The highest BCUT2D eigenvalue weighted by molar-refractivity contribution is 5.89. The van der Waals surface area contributed by atoms with E-state index in [1.807, 2.05) is 0 Å². The third kappa shape index (κ3) is 5.06. The lowest BCUT2D eigenvalue weighted by Gasteiger charge is -2.27. The topological polar surface area (TPSA) is 68.2 Å². The SMILES string of the molecule is COc1ccc(N(Cc2c(F)cccc2F)c2cccc(C(=O)O)c2)cc1O[C@@H]1CCOC1. The van der Waals surface area contributed by atoms with Crippen LogP contribution in [0.15, 0.2) is 60.7 Å². The van der Waals surface area contributed by atoms with Crippen LogP contribution in [0, 0.1) is 11.6 Å². The van der Waals surface area contributed by atoms with Gasteiger partial charge in [0.25, 0.3) is 0 Å². The molecule has 0 unspecified atom stereocenters. The van der Waals surface area contributed by atoms with Crippen LogP contribution in [0.3, 0.4) is 0 Å². The number of ether oxygens (including phenoxy) is 3. The Morgan fingerprint density at radius 1 is 1.06 bits per heavy atom. The lowest BCUT2D eigenvalue weighted by molar-refractivity contribution is 0.0697. The highest BCUT2D eigenvalue weighted by Crippen LogP contribution is 2.37. The minimum absolute atomic E-state index is 0.0552. The highest BCUT2D eigenvalue weighted by atomic mass is 19.1. The number of carboxylic acid groups (broad SMARTS) is 1. The fourth-order valence-electron chi connectivity index (χ4n) is 3.69. The van der Waals surface area contributed by atoms with Crippen molar-refractivity contribution in [2.45, 2.75) is 19.1 Å². The Balaban J connectivity index is 1.78. The number of rotatable bonds is 8. The van der Waals surface area contributed by atoms with Crippen LogP contribution < -0.4 is 14.4 Å². The molecule has 6 nitrogen and oxygen atoms in total. The molecule has 1 aliphatic rings. The Labute approximate surface area is 189 Å². The maximum absolute atomic E-state index is 14.5. The third-order valence-corrected chi connectivity index (χ3v) is 5.42. The Morgan fingerprint density at radius 2 is 1.79 bits per heavy atom. The number of hydrogen-bond acceptors (Lipinski definition) is 5. The number of halogens is 2. The monoisotopic (exact) mass is 455 g/mol. The number of hydrogen-bond donors (Lipinski definition) is 1. The van der Waals surface area contributed by atoms with Crippen molar-refractivity contribution in [1.29, 1.82) is 0 Å². The van der Waals surface area contributed by atoms with E-state index in [0.717, 1.165) is 6.42 Å². The summed E-state index contributed by atoms with van der Waals surface area (Å²) in [4.78, 5) is 13.2. The van der Waals surface area contributed by atoms with Gasteiger partial charge in [0, 0.05) is 29.4 Å². The van der Waals surface area contributed by atoms with Gasteiger partial charge in [-0.1, -0.05) is 12.1 Å². The van der Waals surface area contributed by atoms with Crippen LogP contribution in [-0.4, -0.2) is 37.5 Å². The second-order valence-corrected chi connectivity index (χ2v) is 7.58. The van der Waals surface area contributed by atoms with Crippen LogP contribution in [0.5, 0.6) is 11.5 Å². The summed E-state index contributed by atoms with van der Waals surface area (Å²) in [6, 6.07) is 15.0. The molecule has 1 heterocycles. The van der Waals surface area contributed by atoms with Gasteiger partial charge in [0.15, 0.2) is 11.5 Å². The maximum Gasteiger partial charge on any atom is 0.335 e. The van der Waals surface area contributed by atoms with Gasteiger partial charge in [-0.15, -0.1) is 0 Å². The third-order valence-electron chi connectivity index (χ3n) is 5.42. The maximum atomic E-state index is 14.5. The zero-order chi connectivity index (χ0) is 23.4. The molecule has 0 aromatic heterocycles. The Kier molecular flexibility index (Phi) is 6.74. The number of nitrogens with zero attached hydrogens (tertiary/aromatic N) is 1. The molecule has 3 aromatic carbocycles. The standard InChI is InChI=1S/C25H23F2NO5/c1-31-23-9-8-18(13-24(23)33-19-10-11-32-15-19)28(14-20-21(26)6-3-7-22(20)27)17-5-2-4-16(12-17)25(29)30/h2-9,12-13,19H,10-11,14-15H2,1H3,(H,29,30)/t19-/m1/s1. The Hall–Kier alpha value is -3.65. The predicted molar refractivity (Wildman–Crippen MR) is 118 cm³/mol. The molecule has 0 spiro atoms. The van der Waals surface area contributed by atoms with Gasteiger partial charge >= 0.3 is 5.97 Å². The van der Waals surface area contributed by atoms with Gasteiger partial charge < -0.3 is 24.2 Å². The van der Waals surface area contributed by atoms with E-state index in [2.05, 4.69) is 0 Å². The molecule has 0 amide bonds. The van der Waals surface area contributed by atoms with Gasteiger partial charge in [0.2, 0.25) is 0 Å². The van der Waals surface area contributed by atoms with Crippen molar-refractivity contribution < 1.29 is 32.9 Å². The molecule has 0 aliphatic carbocycles. The van der Waals surface area contributed by atoms with Gasteiger partial charge in [-0.25, -0.2) is 13.6 Å². The number of aromatic carboxylic acids is 1. The number of carbonyl (C=O) groups is 1. The summed E-state index contributed by atoms with van der Waals surface area (Å²) in [6.07, 6.45) is 0.597. The molecular weight excluding hydrogens is 432 g/mol. The lowest BCUT2D eigenvalue weighted by Crippen LogP contribution is -2.20. The molecule has 172 valence electrons. The normalized spacial score (nSPS) is 15.3. The van der Waals surface area contributed by atoms with Crippen molar-refractivity contribution in [3.05, 3.63) is 83.4 Å².